The molecule has 0 atom stereocenters. The molecule has 3 aromatic carbocycles. The van der Waals surface area contributed by atoms with Gasteiger partial charge in [0.15, 0.2) is 0 Å². The van der Waals surface area contributed by atoms with E-state index >= 15 is 0 Å². The molecule has 0 bridgehead atoms. The number of hydrogen-bond donors (Lipinski definition) is 3. The zero-order valence-electron chi connectivity index (χ0n) is 18.6. The largest absolute Gasteiger partial charge is 0.507 e. The van der Waals surface area contributed by atoms with Crippen LogP contribution in [0.1, 0.15) is 37.4 Å². The van der Waals surface area contributed by atoms with Gasteiger partial charge in [-0.25, -0.2) is 10.9 Å². The second kappa shape index (κ2) is 11.1. The van der Waals surface area contributed by atoms with Gasteiger partial charge in [0.1, 0.15) is 5.75 Å². The number of phenols is 1. The molecule has 0 spiro atoms. The Balaban J connectivity index is 1.65. The monoisotopic (exact) mass is 490 g/mol. The Labute approximate surface area is 203 Å². The lowest BCUT2D eigenvalue weighted by molar-refractivity contribution is -0.385. The number of nitro groups is 2. The molecule has 3 rings (SSSR count). The van der Waals surface area contributed by atoms with Crippen LogP contribution in [-0.2, 0) is 0 Å². The molecule has 0 aromatic heterocycles. The minimum atomic E-state index is -0.607. The van der Waals surface area contributed by atoms with Gasteiger partial charge in [0, 0.05) is 41.0 Å². The van der Waals surface area contributed by atoms with Gasteiger partial charge in [-0.05, 0) is 54.4 Å². The number of rotatable bonds is 8. The number of phenolic OH excluding ortho intramolecular Hbond substituents is 1. The summed E-state index contributed by atoms with van der Waals surface area (Å²) in [5.41, 5.74) is 5.83. The fraction of sp³-hybridized carbons (Fsp3) is 0.0435. The summed E-state index contributed by atoms with van der Waals surface area (Å²) in [5.74, 6) is -1.27. The molecular formula is C23H18N6O7. The van der Waals surface area contributed by atoms with Gasteiger partial charge in [-0.3, -0.25) is 29.8 Å². The van der Waals surface area contributed by atoms with Gasteiger partial charge in [-0.1, -0.05) is 0 Å². The predicted octanol–water partition coefficient (Wildman–Crippen LogP) is 3.04. The number of nitro benzene ring substituents is 2. The second-order valence-electron chi connectivity index (χ2n) is 7.28. The number of amides is 2. The van der Waals surface area contributed by atoms with Gasteiger partial charge in [-0.15, -0.1) is 0 Å². The van der Waals surface area contributed by atoms with E-state index in [1.165, 1.54) is 67.0 Å². The number of hydrogen-bond acceptors (Lipinski definition) is 9. The van der Waals surface area contributed by atoms with Crippen LogP contribution in [0.25, 0.3) is 0 Å². The molecular weight excluding hydrogens is 472 g/mol. The zero-order chi connectivity index (χ0) is 26.2. The van der Waals surface area contributed by atoms with Crippen LogP contribution >= 0.6 is 0 Å². The van der Waals surface area contributed by atoms with E-state index in [-0.39, 0.29) is 33.8 Å². The first kappa shape index (κ1) is 25.2. The Morgan fingerprint density at radius 2 is 1.25 bits per heavy atom. The van der Waals surface area contributed by atoms with Crippen molar-refractivity contribution in [1.82, 2.24) is 10.9 Å². The van der Waals surface area contributed by atoms with Gasteiger partial charge in [0.25, 0.3) is 23.2 Å². The molecule has 0 heterocycles. The van der Waals surface area contributed by atoms with Crippen molar-refractivity contribution in [3.63, 3.8) is 0 Å². The maximum Gasteiger partial charge on any atom is 0.271 e. The fourth-order valence-electron chi connectivity index (χ4n) is 2.93. The highest BCUT2D eigenvalue weighted by Gasteiger charge is 2.10. The van der Waals surface area contributed by atoms with Crippen molar-refractivity contribution >= 4 is 35.6 Å². The Morgan fingerprint density at radius 3 is 1.69 bits per heavy atom. The van der Waals surface area contributed by atoms with Crippen LogP contribution < -0.4 is 10.9 Å². The molecule has 0 saturated carbocycles. The quantitative estimate of drug-likeness (QED) is 0.245. The molecule has 0 aliphatic rings. The number of carbonyl (C=O) groups is 2. The second-order valence-corrected chi connectivity index (χ2v) is 7.28. The summed E-state index contributed by atoms with van der Waals surface area (Å²) >= 11 is 0. The van der Waals surface area contributed by atoms with Crippen molar-refractivity contribution in [3.8, 4) is 5.75 Å². The Hall–Kier alpha value is -5.46. The van der Waals surface area contributed by atoms with Gasteiger partial charge >= 0.3 is 0 Å². The third-order valence-corrected chi connectivity index (χ3v) is 4.78. The lowest BCUT2D eigenvalue weighted by Gasteiger charge is -2.06. The summed E-state index contributed by atoms with van der Waals surface area (Å²) in [6, 6.07) is 13.1. The number of hydrazone groups is 2. The molecule has 0 unspecified atom stereocenters. The summed E-state index contributed by atoms with van der Waals surface area (Å²) in [6.45, 7) is 1.63. The van der Waals surface area contributed by atoms with Crippen LogP contribution in [0.3, 0.4) is 0 Å². The number of non-ortho nitro benzene ring substituents is 2. The maximum absolute atomic E-state index is 12.2. The minimum absolute atomic E-state index is 0.0876. The fourth-order valence-corrected chi connectivity index (χ4v) is 2.93. The number of carbonyl (C=O) groups excluding carboxylic acids is 2. The van der Waals surface area contributed by atoms with E-state index in [1.54, 1.807) is 13.0 Å². The summed E-state index contributed by atoms with van der Waals surface area (Å²) in [6.07, 6.45) is 2.53. The molecule has 0 radical (unpaired) electrons. The Morgan fingerprint density at radius 1 is 0.806 bits per heavy atom. The molecule has 13 nitrogen and oxygen atoms in total. The van der Waals surface area contributed by atoms with Crippen LogP contribution in [0, 0.1) is 27.2 Å². The van der Waals surface area contributed by atoms with E-state index in [0.29, 0.717) is 11.1 Å². The highest BCUT2D eigenvalue weighted by atomic mass is 16.6. The first-order valence-corrected chi connectivity index (χ1v) is 10.1. The maximum atomic E-state index is 12.2. The topological polar surface area (TPSA) is 189 Å². The summed E-state index contributed by atoms with van der Waals surface area (Å²) in [4.78, 5) is 44.6. The van der Waals surface area contributed by atoms with Gasteiger partial charge in [-0.2, -0.15) is 10.2 Å². The highest BCUT2D eigenvalue weighted by molar-refractivity contribution is 5.96. The number of nitrogens with one attached hydrogen (secondary N) is 2. The van der Waals surface area contributed by atoms with Crippen molar-refractivity contribution in [2.24, 2.45) is 10.2 Å². The van der Waals surface area contributed by atoms with E-state index in [2.05, 4.69) is 21.1 Å². The zero-order valence-corrected chi connectivity index (χ0v) is 18.6. The first-order chi connectivity index (χ1) is 17.2. The Kier molecular flexibility index (Phi) is 7.77. The molecule has 2 amide bonds. The normalized spacial score (nSPS) is 10.9. The summed E-state index contributed by atoms with van der Waals surface area (Å²) < 4.78 is 0. The van der Waals surface area contributed by atoms with E-state index in [0.717, 1.165) is 0 Å². The van der Waals surface area contributed by atoms with Crippen LogP contribution in [0.4, 0.5) is 11.4 Å². The smallest absolute Gasteiger partial charge is 0.271 e. The van der Waals surface area contributed by atoms with Crippen LogP contribution in [0.15, 0.2) is 70.9 Å². The van der Waals surface area contributed by atoms with Gasteiger partial charge in [0.2, 0.25) is 0 Å². The summed E-state index contributed by atoms with van der Waals surface area (Å²) in [5, 5.41) is 39.3. The van der Waals surface area contributed by atoms with Crippen LogP contribution in [0.5, 0.6) is 5.75 Å². The standard InChI is InChI=1S/C23H18N6O7/c1-14-10-15(12-24-26-22(31)16-2-6-19(7-3-16)28(33)34)11-18(21(14)30)13-25-27-23(32)17-4-8-20(9-5-17)29(35)36/h2-13,30H,1H3,(H,26,31)(H,27,32). The molecule has 13 heteroatoms. The molecule has 36 heavy (non-hydrogen) atoms. The molecule has 0 saturated heterocycles. The van der Waals surface area contributed by atoms with Crippen molar-refractivity contribution in [2.75, 3.05) is 0 Å². The van der Waals surface area contributed by atoms with E-state index < -0.39 is 21.7 Å². The number of benzene rings is 3. The minimum Gasteiger partial charge on any atom is -0.507 e. The van der Waals surface area contributed by atoms with Gasteiger partial charge in [0.05, 0.1) is 22.3 Å². The van der Waals surface area contributed by atoms with E-state index in [4.69, 9.17) is 0 Å². The van der Waals surface area contributed by atoms with E-state index in [1.807, 2.05) is 0 Å². The lowest BCUT2D eigenvalue weighted by Crippen LogP contribution is -2.17. The number of aryl methyl sites for hydroxylation is 1. The average molecular weight is 490 g/mol. The average Bonchev–Trinajstić information content (AvgIpc) is 2.86. The molecule has 182 valence electrons. The molecule has 3 N–H and O–H groups in total. The van der Waals surface area contributed by atoms with Gasteiger partial charge < -0.3 is 5.11 Å². The third kappa shape index (κ3) is 6.32. The molecule has 0 fully saturated rings. The van der Waals surface area contributed by atoms with Crippen molar-refractivity contribution in [1.29, 1.82) is 0 Å². The summed E-state index contributed by atoms with van der Waals surface area (Å²) in [7, 11) is 0. The Bertz CT molecular complexity index is 1380. The van der Waals surface area contributed by atoms with Crippen LogP contribution in [0.2, 0.25) is 0 Å². The van der Waals surface area contributed by atoms with Crippen molar-refractivity contribution in [3.05, 3.63) is 109 Å². The lowest BCUT2D eigenvalue weighted by atomic mass is 10.1. The van der Waals surface area contributed by atoms with Crippen molar-refractivity contribution < 1.29 is 24.5 Å². The SMILES string of the molecule is Cc1cc(C=NNC(=O)c2ccc([N+](=O)[O-])cc2)cc(C=NNC(=O)c2ccc([N+](=O)[O-])cc2)c1O. The third-order valence-electron chi connectivity index (χ3n) is 4.78. The highest BCUT2D eigenvalue weighted by Crippen LogP contribution is 2.22. The first-order valence-electron chi connectivity index (χ1n) is 10.1. The van der Waals surface area contributed by atoms with E-state index in [9.17, 15) is 34.9 Å². The predicted molar refractivity (Wildman–Crippen MR) is 129 cm³/mol. The van der Waals surface area contributed by atoms with Crippen molar-refractivity contribution in [2.45, 2.75) is 6.92 Å². The molecule has 3 aromatic rings. The molecule has 0 aliphatic carbocycles. The number of nitrogens with zero attached hydrogens (tertiary/aromatic N) is 4. The molecule has 0 aliphatic heterocycles. The van der Waals surface area contributed by atoms with Crippen LogP contribution in [-0.4, -0.2) is 39.2 Å². The number of aromatic hydroxyl groups is 1.